The van der Waals surface area contributed by atoms with Crippen LogP contribution in [-0.4, -0.2) is 45.5 Å². The first kappa shape index (κ1) is 19.8. The molecule has 0 aliphatic carbocycles. The molecule has 154 valence electrons. The van der Waals surface area contributed by atoms with Gasteiger partial charge in [-0.3, -0.25) is 9.10 Å². The van der Waals surface area contributed by atoms with E-state index in [4.69, 9.17) is 4.74 Å². The molecule has 1 amide bonds. The van der Waals surface area contributed by atoms with Crippen molar-refractivity contribution in [2.75, 3.05) is 24.5 Å². The minimum atomic E-state index is -3.81. The quantitative estimate of drug-likeness (QED) is 0.768. The second-order valence-corrected chi connectivity index (χ2v) is 9.51. The molecule has 1 saturated heterocycles. The molecule has 2 heterocycles. The van der Waals surface area contributed by atoms with Crippen LogP contribution in [0.25, 0.3) is 0 Å². The van der Waals surface area contributed by atoms with Crippen molar-refractivity contribution in [3.63, 3.8) is 0 Å². The Labute approximate surface area is 172 Å². The summed E-state index contributed by atoms with van der Waals surface area (Å²) < 4.78 is 33.9. The van der Waals surface area contributed by atoms with E-state index in [0.29, 0.717) is 36.5 Å². The Bertz CT molecular complexity index is 1030. The monoisotopic (exact) mass is 414 g/mol. The van der Waals surface area contributed by atoms with Gasteiger partial charge in [-0.05, 0) is 62.4 Å². The zero-order valence-electron chi connectivity index (χ0n) is 16.8. The summed E-state index contributed by atoms with van der Waals surface area (Å²) in [5, 5.41) is 0. The van der Waals surface area contributed by atoms with Crippen molar-refractivity contribution in [2.24, 2.45) is 0 Å². The van der Waals surface area contributed by atoms with Gasteiger partial charge in [-0.25, -0.2) is 8.42 Å². The van der Waals surface area contributed by atoms with E-state index in [1.807, 2.05) is 31.2 Å². The molecule has 7 heteroatoms. The maximum absolute atomic E-state index is 13.5. The average Bonchev–Trinajstić information content (AvgIpc) is 3.09. The molecular weight excluding hydrogens is 388 g/mol. The smallest absolute Gasteiger partial charge is 0.264 e. The zero-order chi connectivity index (χ0) is 20.6. The number of piperidine rings is 1. The fraction of sp³-hybridized carbons (Fsp3) is 0.409. The number of rotatable bonds is 4. The van der Waals surface area contributed by atoms with E-state index >= 15 is 0 Å². The van der Waals surface area contributed by atoms with E-state index in [2.05, 4.69) is 0 Å². The van der Waals surface area contributed by atoms with Crippen LogP contribution in [0, 0.1) is 0 Å². The van der Waals surface area contributed by atoms with E-state index in [9.17, 15) is 13.2 Å². The molecule has 2 aliphatic rings. The second-order valence-electron chi connectivity index (χ2n) is 7.70. The van der Waals surface area contributed by atoms with Gasteiger partial charge in [0.15, 0.2) is 0 Å². The third-order valence-corrected chi connectivity index (χ3v) is 7.67. The maximum Gasteiger partial charge on any atom is 0.264 e. The summed E-state index contributed by atoms with van der Waals surface area (Å²) >= 11 is 0. The lowest BCUT2D eigenvalue weighted by molar-refractivity contribution is 0.0720. The number of para-hydroxylation sites is 1. The maximum atomic E-state index is 13.5. The molecule has 1 atom stereocenters. The lowest BCUT2D eigenvalue weighted by atomic mass is 10.1. The van der Waals surface area contributed by atoms with Crippen LogP contribution >= 0.6 is 0 Å². The molecule has 0 radical (unpaired) electrons. The van der Waals surface area contributed by atoms with Crippen LogP contribution in [0.5, 0.6) is 5.75 Å². The number of ether oxygens (including phenoxy) is 1. The molecule has 0 spiro atoms. The summed E-state index contributed by atoms with van der Waals surface area (Å²) in [5.74, 6) is 0.225. The van der Waals surface area contributed by atoms with E-state index in [1.165, 1.54) is 23.5 Å². The molecule has 0 unspecified atom stereocenters. The number of hydrogen-bond donors (Lipinski definition) is 0. The first-order valence-corrected chi connectivity index (χ1v) is 11.5. The lowest BCUT2D eigenvalue weighted by Gasteiger charge is -2.28. The predicted molar refractivity (Wildman–Crippen MR) is 112 cm³/mol. The van der Waals surface area contributed by atoms with E-state index in [1.54, 1.807) is 11.0 Å². The Kier molecular flexibility index (Phi) is 5.25. The Morgan fingerprint density at radius 3 is 2.52 bits per heavy atom. The summed E-state index contributed by atoms with van der Waals surface area (Å²) in [4.78, 5) is 15.0. The number of hydrogen-bond acceptors (Lipinski definition) is 4. The third kappa shape index (κ3) is 3.48. The van der Waals surface area contributed by atoms with Crippen molar-refractivity contribution in [1.82, 2.24) is 4.90 Å². The summed E-state index contributed by atoms with van der Waals surface area (Å²) in [7, 11) is -2.31. The third-order valence-electron chi connectivity index (χ3n) is 5.75. The second kappa shape index (κ2) is 7.71. The molecular formula is C22H26N2O4S. The normalized spacial score (nSPS) is 19.2. The van der Waals surface area contributed by atoms with Crippen molar-refractivity contribution in [3.8, 4) is 5.75 Å². The summed E-state index contributed by atoms with van der Waals surface area (Å²) in [6, 6.07) is 12.0. The number of nitrogens with zero attached hydrogens (tertiary/aromatic N) is 2. The fourth-order valence-electron chi connectivity index (χ4n) is 4.30. The molecule has 2 aliphatic heterocycles. The minimum Gasteiger partial charge on any atom is -0.496 e. The fourth-order valence-corrected chi connectivity index (χ4v) is 6.02. The van der Waals surface area contributed by atoms with Crippen LogP contribution < -0.4 is 9.04 Å². The Hall–Kier alpha value is -2.54. The van der Waals surface area contributed by atoms with Gasteiger partial charge in [0.2, 0.25) is 0 Å². The van der Waals surface area contributed by atoms with E-state index < -0.39 is 10.0 Å². The highest BCUT2D eigenvalue weighted by Crippen LogP contribution is 2.37. The van der Waals surface area contributed by atoms with Gasteiger partial charge >= 0.3 is 0 Å². The summed E-state index contributed by atoms with van der Waals surface area (Å²) in [6.45, 7) is 3.28. The largest absolute Gasteiger partial charge is 0.496 e. The standard InChI is InChI=1S/C22H26N2O4S/c1-16-14-17-8-4-5-9-20(17)24(16)29(26,27)18-10-11-21(28-2)19(15-18)22(25)23-12-6-3-7-13-23/h4-5,8-11,15-16H,3,6-7,12-14H2,1-2H3/t16-/m1/s1. The highest BCUT2D eigenvalue weighted by molar-refractivity contribution is 7.92. The summed E-state index contributed by atoms with van der Waals surface area (Å²) in [6.07, 6.45) is 3.72. The number of anilines is 1. The average molecular weight is 415 g/mol. The first-order chi connectivity index (χ1) is 13.9. The number of carbonyl (C=O) groups is 1. The van der Waals surface area contributed by atoms with Crippen LogP contribution in [0.15, 0.2) is 47.4 Å². The number of fused-ring (bicyclic) bond motifs is 1. The molecule has 0 N–H and O–H groups in total. The lowest BCUT2D eigenvalue weighted by Crippen LogP contribution is -2.37. The van der Waals surface area contributed by atoms with Crippen LogP contribution in [0.4, 0.5) is 5.69 Å². The number of sulfonamides is 1. The van der Waals surface area contributed by atoms with Crippen LogP contribution in [-0.2, 0) is 16.4 Å². The van der Waals surface area contributed by atoms with Gasteiger partial charge in [-0.1, -0.05) is 18.2 Å². The molecule has 2 aromatic carbocycles. The number of carbonyl (C=O) groups excluding carboxylic acids is 1. The Morgan fingerprint density at radius 1 is 1.07 bits per heavy atom. The van der Waals surface area contributed by atoms with Crippen molar-refractivity contribution < 1.29 is 17.9 Å². The van der Waals surface area contributed by atoms with Gasteiger partial charge in [0, 0.05) is 19.1 Å². The van der Waals surface area contributed by atoms with Gasteiger partial charge < -0.3 is 9.64 Å². The van der Waals surface area contributed by atoms with Crippen LogP contribution in [0.3, 0.4) is 0 Å². The molecule has 29 heavy (non-hydrogen) atoms. The van der Waals surface area contributed by atoms with Crippen molar-refractivity contribution in [2.45, 2.75) is 43.5 Å². The highest BCUT2D eigenvalue weighted by Gasteiger charge is 2.36. The molecule has 0 saturated carbocycles. The Morgan fingerprint density at radius 2 is 1.79 bits per heavy atom. The number of methoxy groups -OCH3 is 1. The molecule has 0 aromatic heterocycles. The SMILES string of the molecule is COc1ccc(S(=O)(=O)N2c3ccccc3C[C@H]2C)cc1C(=O)N1CCCCC1. The zero-order valence-corrected chi connectivity index (χ0v) is 17.6. The molecule has 0 bridgehead atoms. The molecule has 2 aromatic rings. The van der Waals surface area contributed by atoms with Gasteiger partial charge in [0.25, 0.3) is 15.9 Å². The molecule has 1 fully saturated rings. The molecule has 6 nitrogen and oxygen atoms in total. The van der Waals surface area contributed by atoms with Gasteiger partial charge in [0.05, 0.1) is 23.3 Å². The minimum absolute atomic E-state index is 0.113. The van der Waals surface area contributed by atoms with Crippen molar-refractivity contribution in [3.05, 3.63) is 53.6 Å². The number of benzene rings is 2. The summed E-state index contributed by atoms with van der Waals surface area (Å²) in [5.41, 5.74) is 2.03. The van der Waals surface area contributed by atoms with E-state index in [0.717, 1.165) is 24.8 Å². The predicted octanol–water partition coefficient (Wildman–Crippen LogP) is 3.46. The van der Waals surface area contributed by atoms with Gasteiger partial charge in [-0.2, -0.15) is 0 Å². The molecule has 4 rings (SSSR count). The Balaban J connectivity index is 1.74. The van der Waals surface area contributed by atoms with Crippen molar-refractivity contribution >= 4 is 21.6 Å². The van der Waals surface area contributed by atoms with Crippen molar-refractivity contribution in [1.29, 1.82) is 0 Å². The van der Waals surface area contributed by atoms with Crippen LogP contribution in [0.1, 0.15) is 42.1 Å². The van der Waals surface area contributed by atoms with E-state index in [-0.39, 0.29) is 16.8 Å². The van der Waals surface area contributed by atoms with Gasteiger partial charge in [-0.15, -0.1) is 0 Å². The highest BCUT2D eigenvalue weighted by atomic mass is 32.2. The van der Waals surface area contributed by atoms with Gasteiger partial charge in [0.1, 0.15) is 5.75 Å². The number of amides is 1. The van der Waals surface area contributed by atoms with Crippen LogP contribution in [0.2, 0.25) is 0 Å². The number of likely N-dealkylation sites (tertiary alicyclic amines) is 1. The topological polar surface area (TPSA) is 66.9 Å². The first-order valence-electron chi connectivity index (χ1n) is 10.0.